The number of hydrogen-bond donors (Lipinski definition) is 1. The van der Waals surface area contributed by atoms with Crippen molar-refractivity contribution in [1.82, 2.24) is 13.9 Å². The zero-order chi connectivity index (χ0) is 23.8. The third kappa shape index (κ3) is 3.01. The average Bonchev–Trinajstić information content (AvgIpc) is 3.03. The van der Waals surface area contributed by atoms with Crippen molar-refractivity contribution >= 4 is 34.7 Å². The molecule has 170 valence electrons. The van der Waals surface area contributed by atoms with Gasteiger partial charge in [0.05, 0.1) is 22.9 Å². The molecule has 0 amide bonds. The lowest BCUT2D eigenvalue weighted by Crippen LogP contribution is -2.46. The standard InChI is InChI=1S/C23H20Cl2N4O4/c1-11(30)12-4-6-13(7-5-12)28-21(31)27-9-8-15-19(29(27)22(28)32)14-10-16(24)18(26)17(25)20(14)33-23(15,2)3/h4-8,10,19H,9,26H2,1-3H3. The van der Waals surface area contributed by atoms with Crippen LogP contribution in [0.5, 0.6) is 5.75 Å². The largest absolute Gasteiger partial charge is 0.481 e. The van der Waals surface area contributed by atoms with Crippen LogP contribution in [0.3, 0.4) is 0 Å². The number of carbonyl (C=O) groups is 1. The van der Waals surface area contributed by atoms with Gasteiger partial charge in [-0.15, -0.1) is 0 Å². The number of nitrogens with two attached hydrogens (primary N) is 1. The molecule has 2 aliphatic rings. The molecule has 0 saturated carbocycles. The molecule has 0 spiro atoms. The molecule has 0 fully saturated rings. The Morgan fingerprint density at radius 1 is 1.15 bits per heavy atom. The van der Waals surface area contributed by atoms with Crippen LogP contribution in [-0.4, -0.2) is 25.3 Å². The van der Waals surface area contributed by atoms with Crippen molar-refractivity contribution < 1.29 is 9.53 Å². The number of Topliss-reactive ketones (excluding diaryl/α,β-unsaturated/α-hetero) is 1. The van der Waals surface area contributed by atoms with Gasteiger partial charge in [0.25, 0.3) is 0 Å². The van der Waals surface area contributed by atoms with Crippen LogP contribution in [0.25, 0.3) is 5.69 Å². The number of rotatable bonds is 2. The van der Waals surface area contributed by atoms with Gasteiger partial charge in [-0.2, -0.15) is 0 Å². The summed E-state index contributed by atoms with van der Waals surface area (Å²) in [6, 6.07) is 7.30. The number of hydrogen-bond acceptors (Lipinski definition) is 5. The maximum absolute atomic E-state index is 13.6. The minimum absolute atomic E-state index is 0.107. The highest BCUT2D eigenvalue weighted by molar-refractivity contribution is 6.40. The van der Waals surface area contributed by atoms with Crippen molar-refractivity contribution in [2.45, 2.75) is 39.0 Å². The van der Waals surface area contributed by atoms with Gasteiger partial charge in [0.1, 0.15) is 22.4 Å². The SMILES string of the molecule is CC(=O)c1ccc(-n2c(=O)n3n(c2=O)C2C(=CC3)C(C)(C)Oc3c2cc(Cl)c(N)c3Cl)cc1. The number of aromatic nitrogens is 3. The van der Waals surface area contributed by atoms with Crippen molar-refractivity contribution in [2.75, 3.05) is 5.73 Å². The quantitative estimate of drug-likeness (QED) is 0.338. The Labute approximate surface area is 198 Å². The number of halogens is 2. The molecule has 0 saturated heterocycles. The van der Waals surface area contributed by atoms with E-state index in [-0.39, 0.29) is 28.1 Å². The zero-order valence-corrected chi connectivity index (χ0v) is 19.6. The van der Waals surface area contributed by atoms with E-state index in [1.807, 2.05) is 19.9 Å². The number of ketones is 1. The van der Waals surface area contributed by atoms with E-state index in [9.17, 15) is 14.4 Å². The number of anilines is 1. The molecule has 3 heterocycles. The summed E-state index contributed by atoms with van der Waals surface area (Å²) < 4.78 is 10.1. The summed E-state index contributed by atoms with van der Waals surface area (Å²) in [5.74, 6) is 0.224. The Bertz CT molecular complexity index is 1490. The van der Waals surface area contributed by atoms with Gasteiger partial charge in [-0.3, -0.25) is 4.79 Å². The van der Waals surface area contributed by atoms with Crippen molar-refractivity contribution in [2.24, 2.45) is 0 Å². The molecule has 3 aromatic rings. The first kappa shape index (κ1) is 21.6. The first-order chi connectivity index (χ1) is 15.5. The van der Waals surface area contributed by atoms with E-state index in [0.29, 0.717) is 22.6 Å². The molecule has 5 rings (SSSR count). The molecule has 1 unspecified atom stereocenters. The number of ether oxygens (including phenoxy) is 1. The van der Waals surface area contributed by atoms with Crippen LogP contribution in [0.2, 0.25) is 10.0 Å². The lowest BCUT2D eigenvalue weighted by atomic mass is 9.83. The molecule has 2 aromatic carbocycles. The summed E-state index contributed by atoms with van der Waals surface area (Å²) in [6.07, 6.45) is 1.88. The van der Waals surface area contributed by atoms with Crippen LogP contribution in [0, 0.1) is 0 Å². The van der Waals surface area contributed by atoms with Crippen molar-refractivity contribution in [1.29, 1.82) is 0 Å². The fourth-order valence-corrected chi connectivity index (χ4v) is 5.04. The molecule has 10 heteroatoms. The molecule has 2 aliphatic heterocycles. The summed E-state index contributed by atoms with van der Waals surface area (Å²) in [7, 11) is 0. The summed E-state index contributed by atoms with van der Waals surface area (Å²) >= 11 is 12.8. The van der Waals surface area contributed by atoms with Crippen molar-refractivity contribution in [3.05, 3.63) is 84.1 Å². The van der Waals surface area contributed by atoms with Crippen molar-refractivity contribution in [3.8, 4) is 11.4 Å². The fourth-order valence-electron chi connectivity index (χ4n) is 4.53. The number of carbonyl (C=O) groups excluding carboxylic acids is 1. The van der Waals surface area contributed by atoms with Gasteiger partial charge in [-0.1, -0.05) is 29.3 Å². The van der Waals surface area contributed by atoms with Gasteiger partial charge < -0.3 is 10.5 Å². The summed E-state index contributed by atoms with van der Waals surface area (Å²) in [4.78, 5) is 38.6. The number of allylic oxidation sites excluding steroid dienone is 1. The second-order valence-electron chi connectivity index (χ2n) is 8.61. The van der Waals surface area contributed by atoms with E-state index in [1.54, 1.807) is 30.3 Å². The normalized spacial score (nSPS) is 18.0. The summed E-state index contributed by atoms with van der Waals surface area (Å²) in [5, 5.41) is 0.393. The summed E-state index contributed by atoms with van der Waals surface area (Å²) in [6.45, 7) is 5.38. The van der Waals surface area contributed by atoms with Gasteiger partial charge in [0.2, 0.25) is 0 Å². The van der Waals surface area contributed by atoms with E-state index in [4.69, 9.17) is 33.7 Å². The second-order valence-corrected chi connectivity index (χ2v) is 9.39. The number of fused-ring (bicyclic) bond motifs is 5. The Hall–Kier alpha value is -3.23. The number of benzene rings is 2. The molecule has 2 N–H and O–H groups in total. The smallest absolute Gasteiger partial charge is 0.352 e. The van der Waals surface area contributed by atoms with Gasteiger partial charge in [-0.25, -0.2) is 23.5 Å². The van der Waals surface area contributed by atoms with Crippen LogP contribution in [0.4, 0.5) is 5.69 Å². The number of nitrogen functional groups attached to an aromatic ring is 1. The van der Waals surface area contributed by atoms with E-state index in [2.05, 4.69) is 0 Å². The second kappa shape index (κ2) is 7.13. The Kier molecular flexibility index (Phi) is 4.67. The fraction of sp³-hybridized carbons (Fsp3) is 0.261. The monoisotopic (exact) mass is 486 g/mol. The Morgan fingerprint density at radius 3 is 2.45 bits per heavy atom. The van der Waals surface area contributed by atoms with E-state index in [1.165, 1.54) is 16.3 Å². The molecule has 0 bridgehead atoms. The lowest BCUT2D eigenvalue weighted by Gasteiger charge is -2.43. The highest BCUT2D eigenvalue weighted by atomic mass is 35.5. The molecular formula is C23H20Cl2N4O4. The van der Waals surface area contributed by atoms with E-state index < -0.39 is 23.0 Å². The molecule has 1 atom stereocenters. The van der Waals surface area contributed by atoms with Gasteiger partial charge in [0, 0.05) is 11.1 Å². The highest BCUT2D eigenvalue weighted by Gasteiger charge is 2.45. The summed E-state index contributed by atoms with van der Waals surface area (Å²) in [5.41, 5.74) is 6.57. The Balaban J connectivity index is 1.78. The van der Waals surface area contributed by atoms with Gasteiger partial charge in [-0.05, 0) is 56.7 Å². The first-order valence-electron chi connectivity index (χ1n) is 10.3. The first-order valence-corrected chi connectivity index (χ1v) is 11.0. The Morgan fingerprint density at radius 2 is 1.82 bits per heavy atom. The topological polar surface area (TPSA) is 101 Å². The molecule has 1 aromatic heterocycles. The predicted molar refractivity (Wildman–Crippen MR) is 126 cm³/mol. The van der Waals surface area contributed by atoms with Gasteiger partial charge >= 0.3 is 11.4 Å². The van der Waals surface area contributed by atoms with Crippen LogP contribution in [0.15, 0.2) is 51.6 Å². The van der Waals surface area contributed by atoms with Crippen LogP contribution in [0.1, 0.15) is 42.7 Å². The van der Waals surface area contributed by atoms with E-state index in [0.717, 1.165) is 10.1 Å². The number of nitrogens with zero attached hydrogens (tertiary/aromatic N) is 3. The predicted octanol–water partition coefficient (Wildman–Crippen LogP) is 3.59. The lowest BCUT2D eigenvalue weighted by molar-refractivity contribution is 0.101. The maximum atomic E-state index is 13.6. The van der Waals surface area contributed by atoms with Crippen LogP contribution in [-0.2, 0) is 6.54 Å². The maximum Gasteiger partial charge on any atom is 0.352 e. The van der Waals surface area contributed by atoms with Crippen molar-refractivity contribution in [3.63, 3.8) is 0 Å². The molecule has 0 aliphatic carbocycles. The minimum atomic E-state index is -0.812. The molecule has 33 heavy (non-hydrogen) atoms. The van der Waals surface area contributed by atoms with E-state index >= 15 is 0 Å². The van der Waals surface area contributed by atoms with Gasteiger partial charge in [0.15, 0.2) is 5.78 Å². The average molecular weight is 487 g/mol. The minimum Gasteiger partial charge on any atom is -0.481 e. The highest BCUT2D eigenvalue weighted by Crippen LogP contribution is 2.51. The molecule has 8 nitrogen and oxygen atoms in total. The molecular weight excluding hydrogens is 467 g/mol. The van der Waals surface area contributed by atoms with Crippen LogP contribution >= 0.6 is 23.2 Å². The third-order valence-corrected chi connectivity index (χ3v) is 6.89. The zero-order valence-electron chi connectivity index (χ0n) is 18.1. The molecule has 0 radical (unpaired) electrons. The van der Waals surface area contributed by atoms with Crippen LogP contribution < -0.4 is 21.9 Å². The third-order valence-electron chi connectivity index (χ3n) is 6.20.